The van der Waals surface area contributed by atoms with Crippen LogP contribution in [0.3, 0.4) is 0 Å². The first kappa shape index (κ1) is 27.5. The molecule has 0 spiro atoms. The van der Waals surface area contributed by atoms with Gasteiger partial charge in [0.25, 0.3) is 5.91 Å². The quantitative estimate of drug-likeness (QED) is 0.479. The third kappa shape index (κ3) is 5.82. The second kappa shape index (κ2) is 9.65. The van der Waals surface area contributed by atoms with E-state index in [0.29, 0.717) is 18.9 Å². The van der Waals surface area contributed by atoms with Crippen LogP contribution in [-0.4, -0.2) is 44.3 Å². The highest BCUT2D eigenvalue weighted by molar-refractivity contribution is 7.90. The lowest BCUT2D eigenvalue weighted by molar-refractivity contribution is -0.144. The highest BCUT2D eigenvalue weighted by atomic mass is 35.5. The third-order valence-electron chi connectivity index (χ3n) is 6.85. The van der Waals surface area contributed by atoms with Gasteiger partial charge in [0.1, 0.15) is 11.4 Å². The highest BCUT2D eigenvalue weighted by Gasteiger charge is 2.44. The molecule has 2 heterocycles. The van der Waals surface area contributed by atoms with E-state index < -0.39 is 49.7 Å². The Bertz CT molecular complexity index is 1290. The summed E-state index contributed by atoms with van der Waals surface area (Å²) < 4.78 is 83.0. The van der Waals surface area contributed by atoms with Gasteiger partial charge in [0.15, 0.2) is 21.2 Å². The van der Waals surface area contributed by atoms with Crippen molar-refractivity contribution in [3.8, 4) is 5.75 Å². The Kier molecular flexibility index (Phi) is 7.17. The van der Waals surface area contributed by atoms with E-state index in [1.165, 1.54) is 13.8 Å². The number of alkyl halides is 3. The molecule has 4 rings (SSSR count). The Balaban J connectivity index is 1.46. The minimum Gasteiger partial charge on any atom is -0.476 e. The smallest absolute Gasteiger partial charge is 0.420 e. The molecule has 12 heteroatoms. The van der Waals surface area contributed by atoms with Crippen molar-refractivity contribution in [2.24, 2.45) is 0 Å². The van der Waals surface area contributed by atoms with Crippen molar-refractivity contribution >= 4 is 33.0 Å². The Morgan fingerprint density at radius 2 is 1.65 bits per heavy atom. The third-order valence-corrected chi connectivity index (χ3v) is 8.26. The number of halogens is 5. The SMILES string of the molecule is CC(C)(Oc1c(Cl)cc(F)cc1C(F)(F)F)C(=O)NC1CC2CCC(C1)N2c1ccc(S(C)(=O)=O)cc1. The first-order valence-electron chi connectivity index (χ1n) is 11.7. The van der Waals surface area contributed by atoms with Crippen LogP contribution in [0.1, 0.15) is 45.1 Å². The number of anilines is 1. The van der Waals surface area contributed by atoms with Crippen LogP contribution in [-0.2, 0) is 20.8 Å². The molecule has 0 saturated carbocycles. The zero-order valence-electron chi connectivity index (χ0n) is 20.4. The monoisotopic (exact) mass is 562 g/mol. The number of nitrogens with one attached hydrogen (secondary N) is 1. The summed E-state index contributed by atoms with van der Waals surface area (Å²) in [6.07, 6.45) is -0.775. The molecular formula is C25H27ClF4N2O4S. The van der Waals surface area contributed by atoms with Gasteiger partial charge < -0.3 is 15.0 Å². The molecule has 2 aliphatic rings. The molecule has 2 fully saturated rings. The maximum absolute atomic E-state index is 13.6. The minimum absolute atomic E-state index is 0.112. The van der Waals surface area contributed by atoms with E-state index in [0.717, 1.165) is 24.8 Å². The maximum Gasteiger partial charge on any atom is 0.420 e. The number of hydrogen-bond acceptors (Lipinski definition) is 5. The number of sulfone groups is 1. The molecule has 0 aromatic heterocycles. The molecule has 1 N–H and O–H groups in total. The Morgan fingerprint density at radius 3 is 2.16 bits per heavy atom. The first-order valence-corrected chi connectivity index (χ1v) is 14.0. The molecule has 2 aromatic carbocycles. The van der Waals surface area contributed by atoms with Crippen LogP contribution in [0, 0.1) is 5.82 Å². The standard InChI is InChI=1S/C25H27ClF4N2O4S/c1-24(2,36-22-20(25(28,29)30)10-14(27)11-21(22)26)23(33)31-15-12-17-4-5-18(13-15)32(17)16-6-8-19(9-7-16)37(3,34)35/h6-11,15,17-18H,4-5,12-13H2,1-3H3,(H,31,33). The Hall–Kier alpha value is -2.53. The van der Waals surface area contributed by atoms with Crippen LogP contribution >= 0.6 is 11.6 Å². The van der Waals surface area contributed by atoms with Crippen LogP contribution in [0.25, 0.3) is 0 Å². The van der Waals surface area contributed by atoms with Gasteiger partial charge in [-0.05, 0) is 75.9 Å². The number of fused-ring (bicyclic) bond motifs is 2. The molecule has 2 saturated heterocycles. The fraction of sp³-hybridized carbons (Fsp3) is 0.480. The predicted molar refractivity (Wildman–Crippen MR) is 131 cm³/mol. The summed E-state index contributed by atoms with van der Waals surface area (Å²) in [7, 11) is -3.30. The number of nitrogens with zero attached hydrogens (tertiary/aromatic N) is 1. The van der Waals surface area contributed by atoms with Crippen molar-refractivity contribution in [3.05, 3.63) is 52.8 Å². The van der Waals surface area contributed by atoms with Gasteiger partial charge in [-0.25, -0.2) is 12.8 Å². The van der Waals surface area contributed by atoms with E-state index in [9.17, 15) is 30.8 Å². The Morgan fingerprint density at radius 1 is 1.08 bits per heavy atom. The number of carbonyl (C=O) groups excluding carboxylic acids is 1. The average molecular weight is 563 g/mol. The number of benzene rings is 2. The van der Waals surface area contributed by atoms with Crippen LogP contribution < -0.4 is 15.0 Å². The van der Waals surface area contributed by atoms with E-state index in [-0.39, 0.29) is 29.1 Å². The second-order valence-corrected chi connectivity index (χ2v) is 12.5. The summed E-state index contributed by atoms with van der Waals surface area (Å²) >= 11 is 5.86. The van der Waals surface area contributed by atoms with Gasteiger partial charge in [-0.1, -0.05) is 11.6 Å². The molecule has 6 nitrogen and oxygen atoms in total. The fourth-order valence-electron chi connectivity index (χ4n) is 5.12. The minimum atomic E-state index is -4.93. The van der Waals surface area contributed by atoms with Crippen molar-refractivity contribution in [2.75, 3.05) is 11.2 Å². The molecule has 2 aliphatic heterocycles. The summed E-state index contributed by atoms with van der Waals surface area (Å²) in [6, 6.07) is 7.69. The summed E-state index contributed by atoms with van der Waals surface area (Å²) in [5, 5.41) is 2.32. The van der Waals surface area contributed by atoms with E-state index in [1.54, 1.807) is 24.3 Å². The van der Waals surface area contributed by atoms with E-state index in [1.807, 2.05) is 0 Å². The molecule has 0 radical (unpaired) electrons. The number of piperidine rings is 1. The molecule has 2 atom stereocenters. The number of amides is 1. The summed E-state index contributed by atoms with van der Waals surface area (Å²) in [4.78, 5) is 15.6. The molecule has 37 heavy (non-hydrogen) atoms. The molecule has 202 valence electrons. The zero-order chi connectivity index (χ0) is 27.3. The Labute approximate surface area is 217 Å². The lowest BCUT2D eigenvalue weighted by atomic mass is 9.95. The normalized spacial score (nSPS) is 22.2. The highest BCUT2D eigenvalue weighted by Crippen LogP contribution is 2.43. The number of hydrogen-bond donors (Lipinski definition) is 1. The first-order chi connectivity index (χ1) is 17.1. The van der Waals surface area contributed by atoms with Crippen LogP contribution in [0.2, 0.25) is 5.02 Å². The summed E-state index contributed by atoms with van der Waals surface area (Å²) in [6.45, 7) is 2.66. The van der Waals surface area contributed by atoms with E-state index in [2.05, 4.69) is 10.2 Å². The second-order valence-electron chi connectivity index (χ2n) is 10.1. The number of rotatable bonds is 6. The molecule has 2 unspecified atom stereocenters. The van der Waals surface area contributed by atoms with Crippen molar-refractivity contribution < 1.29 is 35.5 Å². The summed E-state index contributed by atoms with van der Waals surface area (Å²) in [5.74, 6) is -2.58. The maximum atomic E-state index is 13.6. The lowest BCUT2D eigenvalue weighted by Crippen LogP contribution is -2.55. The van der Waals surface area contributed by atoms with Crippen molar-refractivity contribution in [1.29, 1.82) is 0 Å². The van der Waals surface area contributed by atoms with Gasteiger partial charge in [-0.2, -0.15) is 13.2 Å². The molecular weight excluding hydrogens is 536 g/mol. The molecule has 1 amide bonds. The van der Waals surface area contributed by atoms with Crippen LogP contribution in [0.5, 0.6) is 5.75 Å². The zero-order valence-corrected chi connectivity index (χ0v) is 22.0. The van der Waals surface area contributed by atoms with Crippen LogP contribution in [0.15, 0.2) is 41.3 Å². The van der Waals surface area contributed by atoms with Crippen LogP contribution in [0.4, 0.5) is 23.2 Å². The molecule has 0 aliphatic carbocycles. The van der Waals surface area contributed by atoms with Gasteiger partial charge in [-0.15, -0.1) is 0 Å². The fourth-order valence-corrected chi connectivity index (χ4v) is 5.99. The van der Waals surface area contributed by atoms with Crippen molar-refractivity contribution in [2.45, 2.75) is 74.3 Å². The van der Waals surface area contributed by atoms with Gasteiger partial charge in [0, 0.05) is 30.1 Å². The molecule has 2 aromatic rings. The number of carbonyl (C=O) groups is 1. The van der Waals surface area contributed by atoms with Gasteiger partial charge in [-0.3, -0.25) is 4.79 Å². The predicted octanol–water partition coefficient (Wildman–Crippen LogP) is 5.38. The van der Waals surface area contributed by atoms with Gasteiger partial charge in [0.05, 0.1) is 9.92 Å². The van der Waals surface area contributed by atoms with Crippen molar-refractivity contribution in [3.63, 3.8) is 0 Å². The largest absolute Gasteiger partial charge is 0.476 e. The van der Waals surface area contributed by atoms with Gasteiger partial charge in [0.2, 0.25) is 0 Å². The van der Waals surface area contributed by atoms with Gasteiger partial charge >= 0.3 is 6.18 Å². The average Bonchev–Trinajstić information content (AvgIpc) is 3.04. The lowest BCUT2D eigenvalue weighted by Gasteiger charge is -2.41. The van der Waals surface area contributed by atoms with E-state index >= 15 is 0 Å². The number of ether oxygens (including phenoxy) is 1. The summed E-state index contributed by atoms with van der Waals surface area (Å²) in [5.41, 5.74) is -2.22. The molecule has 2 bridgehead atoms. The van der Waals surface area contributed by atoms with E-state index in [4.69, 9.17) is 16.3 Å². The van der Waals surface area contributed by atoms with Crippen molar-refractivity contribution in [1.82, 2.24) is 5.32 Å². The topological polar surface area (TPSA) is 75.7 Å².